The van der Waals surface area contributed by atoms with Gasteiger partial charge >= 0.3 is 0 Å². The van der Waals surface area contributed by atoms with E-state index >= 15 is 0 Å². The highest BCUT2D eigenvalue weighted by molar-refractivity contribution is 6.32. The van der Waals surface area contributed by atoms with Crippen molar-refractivity contribution in [2.24, 2.45) is 0 Å². The van der Waals surface area contributed by atoms with Crippen LogP contribution in [0.15, 0.2) is 36.5 Å². The Morgan fingerprint density at radius 3 is 2.75 bits per heavy atom. The Kier molecular flexibility index (Phi) is 3.81. The topological polar surface area (TPSA) is 111 Å². The summed E-state index contributed by atoms with van der Waals surface area (Å²) < 4.78 is 0. The summed E-state index contributed by atoms with van der Waals surface area (Å²) in [5.74, 6) is -0.520. The number of nitrogens with two attached hydrogens (primary N) is 1. The molecular formula is C12H9ClN4O3. The Hall–Kier alpha value is -2.67. The first-order valence-electron chi connectivity index (χ1n) is 5.44. The van der Waals surface area contributed by atoms with Crippen molar-refractivity contribution in [1.29, 1.82) is 0 Å². The average Bonchev–Trinajstić information content (AvgIpc) is 2.40. The highest BCUT2D eigenvalue weighted by Gasteiger charge is 2.15. The van der Waals surface area contributed by atoms with Crippen LogP contribution in [0.5, 0.6) is 0 Å². The molecule has 102 valence electrons. The maximum Gasteiger partial charge on any atom is 0.289 e. The minimum Gasteiger partial charge on any atom is -0.399 e. The summed E-state index contributed by atoms with van der Waals surface area (Å²) >= 11 is 5.68. The van der Waals surface area contributed by atoms with E-state index in [1.165, 1.54) is 30.5 Å². The van der Waals surface area contributed by atoms with E-state index in [-0.39, 0.29) is 22.1 Å². The summed E-state index contributed by atoms with van der Waals surface area (Å²) in [6.07, 6.45) is 1.40. The number of nitrogen functional groups attached to an aromatic ring is 1. The molecule has 1 heterocycles. The largest absolute Gasteiger partial charge is 0.399 e. The summed E-state index contributed by atoms with van der Waals surface area (Å²) in [7, 11) is 0. The highest BCUT2D eigenvalue weighted by Crippen LogP contribution is 2.27. The standard InChI is InChI=1S/C12H9ClN4O3/c13-9-2-1-8(6-11(9)17(19)20)16-12(18)10-5-7(14)3-4-15-10/h1-6H,(H2,14,15)(H,16,18). The lowest BCUT2D eigenvalue weighted by atomic mass is 10.2. The van der Waals surface area contributed by atoms with Gasteiger partial charge in [-0.3, -0.25) is 19.9 Å². The summed E-state index contributed by atoms with van der Waals surface area (Å²) in [5, 5.41) is 13.2. The maximum atomic E-state index is 11.9. The van der Waals surface area contributed by atoms with Crippen molar-refractivity contribution in [2.45, 2.75) is 0 Å². The van der Waals surface area contributed by atoms with Crippen LogP contribution in [0.25, 0.3) is 0 Å². The minimum atomic E-state index is -0.628. The fourth-order valence-corrected chi connectivity index (χ4v) is 1.68. The number of amides is 1. The van der Waals surface area contributed by atoms with Gasteiger partial charge in [0.15, 0.2) is 0 Å². The van der Waals surface area contributed by atoms with Gasteiger partial charge in [-0.25, -0.2) is 0 Å². The third-order valence-corrected chi connectivity index (χ3v) is 2.74. The molecule has 20 heavy (non-hydrogen) atoms. The number of halogens is 1. The van der Waals surface area contributed by atoms with Crippen molar-refractivity contribution in [2.75, 3.05) is 11.1 Å². The number of hydrogen-bond acceptors (Lipinski definition) is 5. The Morgan fingerprint density at radius 1 is 1.35 bits per heavy atom. The number of benzene rings is 1. The Balaban J connectivity index is 2.24. The Labute approximate surface area is 118 Å². The van der Waals surface area contributed by atoms with Gasteiger partial charge in [0, 0.05) is 23.6 Å². The number of carbonyl (C=O) groups is 1. The first-order chi connectivity index (χ1) is 9.47. The molecular weight excluding hydrogens is 284 g/mol. The molecule has 0 fully saturated rings. The van der Waals surface area contributed by atoms with Gasteiger partial charge in [-0.05, 0) is 24.3 Å². The van der Waals surface area contributed by atoms with E-state index in [0.717, 1.165) is 0 Å². The molecule has 0 saturated heterocycles. The summed E-state index contributed by atoms with van der Waals surface area (Å²) in [4.78, 5) is 25.9. The molecule has 0 unspecified atom stereocenters. The highest BCUT2D eigenvalue weighted by atomic mass is 35.5. The predicted octanol–water partition coefficient (Wildman–Crippen LogP) is 2.48. The SMILES string of the molecule is Nc1ccnc(C(=O)Nc2ccc(Cl)c([N+](=O)[O-])c2)c1. The maximum absolute atomic E-state index is 11.9. The number of hydrogen-bond donors (Lipinski definition) is 2. The lowest BCUT2D eigenvalue weighted by Crippen LogP contribution is -2.14. The lowest BCUT2D eigenvalue weighted by molar-refractivity contribution is -0.384. The molecule has 0 aliphatic heterocycles. The van der Waals surface area contributed by atoms with Crippen molar-refractivity contribution in [3.05, 3.63) is 57.4 Å². The number of nitrogens with one attached hydrogen (secondary N) is 1. The van der Waals surface area contributed by atoms with Crippen molar-refractivity contribution in [3.8, 4) is 0 Å². The van der Waals surface area contributed by atoms with E-state index in [2.05, 4.69) is 10.3 Å². The van der Waals surface area contributed by atoms with Gasteiger partial charge in [0.1, 0.15) is 10.7 Å². The Morgan fingerprint density at radius 2 is 2.10 bits per heavy atom. The first-order valence-corrected chi connectivity index (χ1v) is 5.82. The molecule has 7 nitrogen and oxygen atoms in total. The number of nitro benzene ring substituents is 1. The monoisotopic (exact) mass is 292 g/mol. The molecule has 1 aromatic carbocycles. The molecule has 0 bridgehead atoms. The van der Waals surface area contributed by atoms with Crippen LogP contribution in [-0.4, -0.2) is 15.8 Å². The zero-order valence-electron chi connectivity index (χ0n) is 10.0. The van der Waals surface area contributed by atoms with Gasteiger partial charge in [0.2, 0.25) is 0 Å². The van der Waals surface area contributed by atoms with Crippen LogP contribution in [0, 0.1) is 10.1 Å². The van der Waals surface area contributed by atoms with Crippen LogP contribution in [0.4, 0.5) is 17.1 Å². The number of anilines is 2. The van der Waals surface area contributed by atoms with Crippen LogP contribution in [0.2, 0.25) is 5.02 Å². The number of pyridine rings is 1. The van der Waals surface area contributed by atoms with Crippen molar-refractivity contribution in [3.63, 3.8) is 0 Å². The second kappa shape index (κ2) is 5.54. The minimum absolute atomic E-state index is 0.00456. The van der Waals surface area contributed by atoms with Crippen molar-refractivity contribution < 1.29 is 9.72 Å². The molecule has 2 rings (SSSR count). The van der Waals surface area contributed by atoms with E-state index in [9.17, 15) is 14.9 Å². The van der Waals surface area contributed by atoms with Gasteiger partial charge in [-0.1, -0.05) is 11.6 Å². The number of nitrogens with zero attached hydrogens (tertiary/aromatic N) is 2. The molecule has 0 aliphatic rings. The van der Waals surface area contributed by atoms with Crippen molar-refractivity contribution >= 4 is 34.6 Å². The zero-order chi connectivity index (χ0) is 14.7. The van der Waals surface area contributed by atoms with Crippen molar-refractivity contribution in [1.82, 2.24) is 4.98 Å². The average molecular weight is 293 g/mol. The number of nitro groups is 1. The second-order valence-electron chi connectivity index (χ2n) is 3.85. The van der Waals surface area contributed by atoms with E-state index in [1.807, 2.05) is 0 Å². The number of aromatic nitrogens is 1. The molecule has 0 atom stereocenters. The molecule has 0 saturated carbocycles. The fraction of sp³-hybridized carbons (Fsp3) is 0. The second-order valence-corrected chi connectivity index (χ2v) is 4.26. The van der Waals surface area contributed by atoms with Gasteiger partial charge in [0.05, 0.1) is 4.92 Å². The summed E-state index contributed by atoms with van der Waals surface area (Å²) in [6, 6.07) is 6.91. The smallest absolute Gasteiger partial charge is 0.289 e. The molecule has 1 amide bonds. The van der Waals surface area contributed by atoms with Crippen LogP contribution < -0.4 is 11.1 Å². The van der Waals surface area contributed by atoms with Crippen LogP contribution >= 0.6 is 11.6 Å². The van der Waals surface area contributed by atoms with Crippen LogP contribution in [0.1, 0.15) is 10.5 Å². The van der Waals surface area contributed by atoms with Gasteiger partial charge in [-0.2, -0.15) is 0 Å². The normalized spacial score (nSPS) is 10.1. The molecule has 0 radical (unpaired) electrons. The van der Waals surface area contributed by atoms with Gasteiger partial charge in [-0.15, -0.1) is 0 Å². The van der Waals surface area contributed by atoms with E-state index in [0.29, 0.717) is 5.69 Å². The summed E-state index contributed by atoms with van der Waals surface area (Å²) in [5.41, 5.74) is 6.01. The van der Waals surface area contributed by atoms with E-state index in [1.54, 1.807) is 6.07 Å². The quantitative estimate of drug-likeness (QED) is 0.667. The van der Waals surface area contributed by atoms with Crippen LogP contribution in [-0.2, 0) is 0 Å². The van der Waals surface area contributed by atoms with E-state index < -0.39 is 10.8 Å². The number of carbonyl (C=O) groups excluding carboxylic acids is 1. The lowest BCUT2D eigenvalue weighted by Gasteiger charge is -2.05. The molecule has 1 aromatic heterocycles. The van der Waals surface area contributed by atoms with Crippen LogP contribution in [0.3, 0.4) is 0 Å². The number of rotatable bonds is 3. The summed E-state index contributed by atoms with van der Waals surface area (Å²) in [6.45, 7) is 0. The van der Waals surface area contributed by atoms with E-state index in [4.69, 9.17) is 17.3 Å². The Bertz CT molecular complexity index is 690. The zero-order valence-corrected chi connectivity index (χ0v) is 10.8. The first kappa shape index (κ1) is 13.8. The van der Waals surface area contributed by atoms with Gasteiger partial charge in [0.25, 0.3) is 11.6 Å². The molecule has 2 aromatic rings. The molecule has 0 spiro atoms. The predicted molar refractivity (Wildman–Crippen MR) is 74.7 cm³/mol. The molecule has 8 heteroatoms. The fourth-order valence-electron chi connectivity index (χ4n) is 1.50. The third kappa shape index (κ3) is 3.01. The van der Waals surface area contributed by atoms with Gasteiger partial charge < -0.3 is 11.1 Å². The molecule has 3 N–H and O–H groups in total. The molecule has 0 aliphatic carbocycles. The third-order valence-electron chi connectivity index (χ3n) is 2.42.